The van der Waals surface area contributed by atoms with Crippen molar-refractivity contribution in [2.24, 2.45) is 0 Å². The third kappa shape index (κ3) is 4.05. The number of anilines is 1. The van der Waals surface area contributed by atoms with E-state index in [0.717, 1.165) is 0 Å². The van der Waals surface area contributed by atoms with Crippen LogP contribution in [0.15, 0.2) is 66.4 Å². The Labute approximate surface area is 153 Å². The van der Waals surface area contributed by atoms with E-state index in [9.17, 15) is 20.2 Å². The Morgan fingerprint density at radius 1 is 1.22 bits per heavy atom. The maximum atomic E-state index is 12.3. The minimum atomic E-state index is -0.560. The molecule has 0 radical (unpaired) electrons. The second kappa shape index (κ2) is 7.76. The van der Waals surface area contributed by atoms with Crippen LogP contribution in [0.1, 0.15) is 5.56 Å². The summed E-state index contributed by atoms with van der Waals surface area (Å²) in [7, 11) is 0. The number of H-pyrrole nitrogens is 1. The van der Waals surface area contributed by atoms with Crippen molar-refractivity contribution in [3.05, 3.63) is 82.0 Å². The molecule has 0 spiro atoms. The number of rotatable bonds is 5. The van der Waals surface area contributed by atoms with E-state index in [1.165, 1.54) is 24.4 Å². The van der Waals surface area contributed by atoms with Gasteiger partial charge in [-0.3, -0.25) is 20.0 Å². The number of hydrogen-bond donors (Lipinski definition) is 2. The average molecular weight is 359 g/mol. The van der Waals surface area contributed by atoms with Crippen molar-refractivity contribution >= 4 is 23.4 Å². The number of nitrogens with one attached hydrogen (secondary N) is 2. The number of nitrogens with zero attached hydrogens (tertiary/aromatic N) is 3. The minimum absolute atomic E-state index is 0.0700. The van der Waals surface area contributed by atoms with E-state index in [4.69, 9.17) is 0 Å². The first-order chi connectivity index (χ1) is 13.1. The molecule has 1 aromatic heterocycles. The molecule has 0 unspecified atom stereocenters. The number of benzene rings is 2. The second-order valence-electron chi connectivity index (χ2n) is 5.50. The lowest BCUT2D eigenvalue weighted by Crippen LogP contribution is -2.13. The van der Waals surface area contributed by atoms with Gasteiger partial charge in [-0.05, 0) is 18.2 Å². The van der Waals surface area contributed by atoms with E-state index >= 15 is 0 Å². The fourth-order valence-corrected chi connectivity index (χ4v) is 2.44. The molecule has 0 atom stereocenters. The topological polar surface area (TPSA) is 125 Å². The predicted molar refractivity (Wildman–Crippen MR) is 99.3 cm³/mol. The van der Waals surface area contributed by atoms with E-state index in [1.807, 2.05) is 12.1 Å². The average Bonchev–Trinajstić information content (AvgIpc) is 3.15. The molecule has 1 heterocycles. The van der Waals surface area contributed by atoms with Gasteiger partial charge in [-0.15, -0.1) is 0 Å². The van der Waals surface area contributed by atoms with Crippen LogP contribution in [0.25, 0.3) is 17.3 Å². The van der Waals surface area contributed by atoms with Crippen LogP contribution in [0.3, 0.4) is 0 Å². The van der Waals surface area contributed by atoms with Gasteiger partial charge in [-0.1, -0.05) is 30.3 Å². The van der Waals surface area contributed by atoms with Gasteiger partial charge in [0.2, 0.25) is 0 Å². The molecule has 8 heteroatoms. The molecule has 0 saturated heterocycles. The van der Waals surface area contributed by atoms with E-state index in [0.29, 0.717) is 22.5 Å². The summed E-state index contributed by atoms with van der Waals surface area (Å²) < 4.78 is 0. The first-order valence-corrected chi connectivity index (χ1v) is 7.85. The Bertz CT molecular complexity index is 1060. The molecule has 0 aliphatic rings. The monoisotopic (exact) mass is 359 g/mol. The standard InChI is InChI=1S/C19H13N5O3/c20-11-14(19(25)22-16-6-2-1-3-7-16)9-15-12-21-23-18(15)13-5-4-8-17(10-13)24(26)27/h1-10,12H,(H,21,23)(H,22,25). The van der Waals surface area contributed by atoms with Crippen LogP contribution < -0.4 is 5.32 Å². The second-order valence-corrected chi connectivity index (χ2v) is 5.50. The molecule has 0 saturated carbocycles. The van der Waals surface area contributed by atoms with Crippen molar-refractivity contribution in [2.45, 2.75) is 0 Å². The molecule has 2 aromatic carbocycles. The zero-order valence-corrected chi connectivity index (χ0v) is 13.9. The molecule has 0 aliphatic heterocycles. The third-order valence-electron chi connectivity index (χ3n) is 3.71. The molecule has 8 nitrogen and oxygen atoms in total. The lowest BCUT2D eigenvalue weighted by atomic mass is 10.1. The highest BCUT2D eigenvalue weighted by Gasteiger charge is 2.14. The fraction of sp³-hybridized carbons (Fsp3) is 0. The van der Waals surface area contributed by atoms with E-state index < -0.39 is 10.8 Å². The van der Waals surface area contributed by atoms with Gasteiger partial charge in [0.15, 0.2) is 0 Å². The number of para-hydroxylation sites is 1. The fourth-order valence-electron chi connectivity index (χ4n) is 2.44. The van der Waals surface area contributed by atoms with Crippen LogP contribution in [0, 0.1) is 21.4 Å². The number of carbonyl (C=O) groups excluding carboxylic acids is 1. The first kappa shape index (κ1) is 17.6. The van der Waals surface area contributed by atoms with Crippen LogP contribution in [-0.2, 0) is 4.79 Å². The first-order valence-electron chi connectivity index (χ1n) is 7.85. The SMILES string of the molecule is N#CC(=Cc1cn[nH]c1-c1cccc([N+](=O)[O-])c1)C(=O)Nc1ccccc1. The largest absolute Gasteiger partial charge is 0.321 e. The van der Waals surface area contributed by atoms with Gasteiger partial charge in [-0.25, -0.2) is 0 Å². The summed E-state index contributed by atoms with van der Waals surface area (Å²) in [6.45, 7) is 0. The zero-order valence-electron chi connectivity index (χ0n) is 13.9. The molecule has 27 heavy (non-hydrogen) atoms. The van der Waals surface area contributed by atoms with Crippen LogP contribution >= 0.6 is 0 Å². The molecule has 3 rings (SSSR count). The zero-order chi connectivity index (χ0) is 19.2. The van der Waals surface area contributed by atoms with Gasteiger partial charge >= 0.3 is 0 Å². The van der Waals surface area contributed by atoms with E-state index in [2.05, 4.69) is 15.5 Å². The number of aromatic amines is 1. The summed E-state index contributed by atoms with van der Waals surface area (Å²) in [5.41, 5.74) is 1.84. The molecule has 0 bridgehead atoms. The smallest absolute Gasteiger partial charge is 0.270 e. The minimum Gasteiger partial charge on any atom is -0.321 e. The summed E-state index contributed by atoms with van der Waals surface area (Å²) in [5, 5.41) is 29.6. The molecule has 3 aromatic rings. The highest BCUT2D eigenvalue weighted by Crippen LogP contribution is 2.26. The normalized spacial score (nSPS) is 10.9. The van der Waals surface area contributed by atoms with Gasteiger partial charge in [0, 0.05) is 28.9 Å². The van der Waals surface area contributed by atoms with Crippen molar-refractivity contribution in [2.75, 3.05) is 5.32 Å². The lowest BCUT2D eigenvalue weighted by molar-refractivity contribution is -0.384. The predicted octanol–water partition coefficient (Wildman–Crippen LogP) is 3.53. The Balaban J connectivity index is 1.92. The van der Waals surface area contributed by atoms with Crippen LogP contribution in [0.4, 0.5) is 11.4 Å². The molecular weight excluding hydrogens is 346 g/mol. The Morgan fingerprint density at radius 3 is 2.70 bits per heavy atom. The number of nitro benzene ring substituents is 1. The van der Waals surface area contributed by atoms with Crippen molar-refractivity contribution in [3.8, 4) is 17.3 Å². The Kier molecular flexibility index (Phi) is 5.05. The Morgan fingerprint density at radius 2 is 2.00 bits per heavy atom. The van der Waals surface area contributed by atoms with Gasteiger partial charge in [-0.2, -0.15) is 10.4 Å². The van der Waals surface area contributed by atoms with Crippen molar-refractivity contribution in [1.29, 1.82) is 5.26 Å². The summed E-state index contributed by atoms with van der Waals surface area (Å²) in [4.78, 5) is 22.8. The molecule has 132 valence electrons. The van der Waals surface area contributed by atoms with E-state index in [-0.39, 0.29) is 11.3 Å². The summed E-state index contributed by atoms with van der Waals surface area (Å²) in [6, 6.07) is 16.6. The molecule has 2 N–H and O–H groups in total. The third-order valence-corrected chi connectivity index (χ3v) is 3.71. The number of nitriles is 1. The van der Waals surface area contributed by atoms with Crippen LogP contribution in [-0.4, -0.2) is 21.0 Å². The van der Waals surface area contributed by atoms with Gasteiger partial charge in [0.25, 0.3) is 11.6 Å². The van der Waals surface area contributed by atoms with Crippen molar-refractivity contribution in [3.63, 3.8) is 0 Å². The number of nitro groups is 1. The van der Waals surface area contributed by atoms with Crippen LogP contribution in [0.2, 0.25) is 0 Å². The number of amides is 1. The maximum Gasteiger partial charge on any atom is 0.270 e. The maximum absolute atomic E-state index is 12.3. The molecule has 0 aliphatic carbocycles. The summed E-state index contributed by atoms with van der Waals surface area (Å²) >= 11 is 0. The van der Waals surface area contributed by atoms with E-state index in [1.54, 1.807) is 36.4 Å². The van der Waals surface area contributed by atoms with Crippen molar-refractivity contribution < 1.29 is 9.72 Å². The molecule has 1 amide bonds. The van der Waals surface area contributed by atoms with Gasteiger partial charge in [0.1, 0.15) is 11.6 Å². The number of carbonyl (C=O) groups is 1. The summed E-state index contributed by atoms with van der Waals surface area (Å²) in [6.07, 6.45) is 2.83. The van der Waals surface area contributed by atoms with Crippen LogP contribution in [0.5, 0.6) is 0 Å². The van der Waals surface area contributed by atoms with Gasteiger partial charge in [0.05, 0.1) is 16.8 Å². The summed E-state index contributed by atoms with van der Waals surface area (Å²) in [5.74, 6) is -0.560. The molecular formula is C19H13N5O3. The quantitative estimate of drug-likeness (QED) is 0.312. The van der Waals surface area contributed by atoms with Crippen molar-refractivity contribution in [1.82, 2.24) is 10.2 Å². The highest BCUT2D eigenvalue weighted by atomic mass is 16.6. The molecule has 0 fully saturated rings. The number of hydrogen-bond acceptors (Lipinski definition) is 5. The lowest BCUT2D eigenvalue weighted by Gasteiger charge is -2.04. The number of non-ortho nitro benzene ring substituents is 1. The number of aromatic nitrogens is 2. The highest BCUT2D eigenvalue weighted by molar-refractivity contribution is 6.10. The Hall–Kier alpha value is -4.25. The van der Waals surface area contributed by atoms with Gasteiger partial charge < -0.3 is 5.32 Å².